The predicted molar refractivity (Wildman–Crippen MR) is 91.5 cm³/mol. The Bertz CT molecular complexity index is 752. The molecule has 2 aromatic carbocycles. The molecule has 4 nitrogen and oxygen atoms in total. The zero-order valence-corrected chi connectivity index (χ0v) is 13.2. The number of nitrogens with zero attached hydrogens (tertiary/aromatic N) is 1. The van der Waals surface area contributed by atoms with Crippen molar-refractivity contribution in [3.8, 4) is 0 Å². The number of carbonyl (C=O) groups is 1. The minimum Gasteiger partial charge on any atom is -0.324 e. The first-order valence-electron chi connectivity index (χ1n) is 6.84. The highest BCUT2D eigenvalue weighted by Crippen LogP contribution is 2.21. The van der Waals surface area contributed by atoms with Gasteiger partial charge in [-0.2, -0.15) is 0 Å². The molecule has 1 aromatic heterocycles. The van der Waals surface area contributed by atoms with Gasteiger partial charge < -0.3 is 4.98 Å². The molecular weight excluding hydrogens is 318 g/mol. The number of halogens is 1. The number of aromatic amines is 1. The van der Waals surface area contributed by atoms with Gasteiger partial charge in [-0.15, -0.1) is 11.8 Å². The summed E-state index contributed by atoms with van der Waals surface area (Å²) in [4.78, 5) is 20.4. The Morgan fingerprint density at radius 3 is 2.73 bits per heavy atom. The summed E-state index contributed by atoms with van der Waals surface area (Å²) < 4.78 is 0. The van der Waals surface area contributed by atoms with Crippen molar-refractivity contribution in [2.24, 2.45) is 0 Å². The highest BCUT2D eigenvalue weighted by atomic mass is 35.5. The average molecular weight is 332 g/mol. The van der Waals surface area contributed by atoms with Crippen LogP contribution < -0.4 is 5.32 Å². The van der Waals surface area contributed by atoms with E-state index in [1.54, 1.807) is 11.8 Å². The molecule has 22 heavy (non-hydrogen) atoms. The van der Waals surface area contributed by atoms with Gasteiger partial charge in [-0.3, -0.25) is 10.1 Å². The molecule has 0 unspecified atom stereocenters. The Labute approximate surface area is 137 Å². The summed E-state index contributed by atoms with van der Waals surface area (Å²) in [6, 6.07) is 15.3. The van der Waals surface area contributed by atoms with Crippen LogP contribution in [-0.2, 0) is 4.79 Å². The fourth-order valence-electron chi connectivity index (χ4n) is 2.00. The standard InChI is InChI=1S/C16H14ClN3OS/c17-11-5-7-12(8-6-11)22-10-9-15(21)20-16-18-13-3-1-2-4-14(13)19-16/h1-8H,9-10H2,(H2,18,19,20,21). The molecule has 0 aliphatic heterocycles. The van der Waals surface area contributed by atoms with Crippen LogP contribution in [0.3, 0.4) is 0 Å². The van der Waals surface area contributed by atoms with Gasteiger partial charge in [-0.05, 0) is 36.4 Å². The van der Waals surface area contributed by atoms with Gasteiger partial charge in [0.05, 0.1) is 11.0 Å². The van der Waals surface area contributed by atoms with E-state index < -0.39 is 0 Å². The Kier molecular flexibility index (Phi) is 4.65. The number of para-hydroxylation sites is 2. The number of rotatable bonds is 5. The number of H-pyrrole nitrogens is 1. The van der Waals surface area contributed by atoms with Crippen molar-refractivity contribution in [3.63, 3.8) is 0 Å². The first kappa shape index (κ1) is 14.9. The molecule has 2 N–H and O–H groups in total. The summed E-state index contributed by atoms with van der Waals surface area (Å²) in [7, 11) is 0. The molecule has 0 bridgehead atoms. The summed E-state index contributed by atoms with van der Waals surface area (Å²) in [5, 5.41) is 3.50. The van der Waals surface area contributed by atoms with Crippen LogP contribution in [0.1, 0.15) is 6.42 Å². The third kappa shape index (κ3) is 3.81. The van der Waals surface area contributed by atoms with Crippen LogP contribution in [0, 0.1) is 0 Å². The van der Waals surface area contributed by atoms with Crippen molar-refractivity contribution in [1.29, 1.82) is 0 Å². The molecule has 0 aliphatic rings. The van der Waals surface area contributed by atoms with Crippen molar-refractivity contribution in [3.05, 3.63) is 53.6 Å². The maximum absolute atomic E-state index is 11.9. The van der Waals surface area contributed by atoms with E-state index in [4.69, 9.17) is 11.6 Å². The molecule has 112 valence electrons. The number of hydrogen-bond acceptors (Lipinski definition) is 3. The lowest BCUT2D eigenvalue weighted by Crippen LogP contribution is -2.13. The largest absolute Gasteiger partial charge is 0.324 e. The normalized spacial score (nSPS) is 10.8. The van der Waals surface area contributed by atoms with Crippen molar-refractivity contribution in [2.45, 2.75) is 11.3 Å². The maximum atomic E-state index is 11.9. The Balaban J connectivity index is 1.50. The summed E-state index contributed by atoms with van der Waals surface area (Å²) in [6.45, 7) is 0. The fourth-order valence-corrected chi connectivity index (χ4v) is 2.98. The number of carbonyl (C=O) groups excluding carboxylic acids is 1. The van der Waals surface area contributed by atoms with Crippen LogP contribution in [0.5, 0.6) is 0 Å². The number of anilines is 1. The van der Waals surface area contributed by atoms with Gasteiger partial charge in [-0.25, -0.2) is 4.98 Å². The van der Waals surface area contributed by atoms with E-state index in [9.17, 15) is 4.79 Å². The minimum absolute atomic E-state index is 0.0551. The highest BCUT2D eigenvalue weighted by Gasteiger charge is 2.07. The molecule has 1 amide bonds. The number of nitrogens with one attached hydrogen (secondary N) is 2. The van der Waals surface area contributed by atoms with Crippen LogP contribution in [0.25, 0.3) is 11.0 Å². The van der Waals surface area contributed by atoms with E-state index in [1.807, 2.05) is 48.5 Å². The first-order valence-corrected chi connectivity index (χ1v) is 8.20. The molecular formula is C16H14ClN3OS. The second-order valence-electron chi connectivity index (χ2n) is 4.70. The van der Waals surface area contributed by atoms with Gasteiger partial charge >= 0.3 is 0 Å². The zero-order valence-electron chi connectivity index (χ0n) is 11.7. The van der Waals surface area contributed by atoms with Gasteiger partial charge in [0.25, 0.3) is 0 Å². The molecule has 0 fully saturated rings. The number of imidazole rings is 1. The van der Waals surface area contributed by atoms with Crippen LogP contribution in [0.15, 0.2) is 53.4 Å². The highest BCUT2D eigenvalue weighted by molar-refractivity contribution is 7.99. The Morgan fingerprint density at radius 2 is 1.95 bits per heavy atom. The summed E-state index contributed by atoms with van der Waals surface area (Å²) in [5.41, 5.74) is 1.75. The lowest BCUT2D eigenvalue weighted by molar-refractivity contribution is -0.115. The van der Waals surface area contributed by atoms with Gasteiger partial charge in [0.1, 0.15) is 0 Å². The van der Waals surface area contributed by atoms with E-state index in [2.05, 4.69) is 15.3 Å². The van der Waals surface area contributed by atoms with Crippen molar-refractivity contribution >= 4 is 46.3 Å². The summed E-state index contributed by atoms with van der Waals surface area (Å²) in [6.07, 6.45) is 0.421. The number of aromatic nitrogens is 2. The van der Waals surface area contributed by atoms with Gasteiger partial charge in [0.15, 0.2) is 0 Å². The molecule has 0 saturated heterocycles. The number of hydrogen-bond donors (Lipinski definition) is 2. The fraction of sp³-hybridized carbons (Fsp3) is 0.125. The van der Waals surface area contributed by atoms with Crippen molar-refractivity contribution < 1.29 is 4.79 Å². The lowest BCUT2D eigenvalue weighted by Gasteiger charge is -2.02. The zero-order chi connectivity index (χ0) is 15.4. The number of benzene rings is 2. The van der Waals surface area contributed by atoms with E-state index in [0.717, 1.165) is 15.9 Å². The van der Waals surface area contributed by atoms with Gasteiger partial charge in [0, 0.05) is 22.1 Å². The van der Waals surface area contributed by atoms with Crippen LogP contribution in [-0.4, -0.2) is 21.6 Å². The van der Waals surface area contributed by atoms with Crippen molar-refractivity contribution in [1.82, 2.24) is 9.97 Å². The number of thioether (sulfide) groups is 1. The van der Waals surface area contributed by atoms with E-state index in [1.165, 1.54) is 0 Å². The van der Waals surface area contributed by atoms with Crippen molar-refractivity contribution in [2.75, 3.05) is 11.1 Å². The van der Waals surface area contributed by atoms with E-state index in [0.29, 0.717) is 23.1 Å². The molecule has 0 atom stereocenters. The lowest BCUT2D eigenvalue weighted by atomic mass is 10.3. The third-order valence-electron chi connectivity index (χ3n) is 3.06. The summed E-state index contributed by atoms with van der Waals surface area (Å²) >= 11 is 7.46. The molecule has 0 spiro atoms. The molecule has 3 aromatic rings. The average Bonchev–Trinajstić information content (AvgIpc) is 2.91. The molecule has 1 heterocycles. The molecule has 0 radical (unpaired) electrons. The number of amides is 1. The van der Waals surface area contributed by atoms with E-state index in [-0.39, 0.29) is 5.91 Å². The van der Waals surface area contributed by atoms with Crippen LogP contribution in [0.4, 0.5) is 5.95 Å². The second-order valence-corrected chi connectivity index (χ2v) is 6.31. The van der Waals surface area contributed by atoms with Gasteiger partial charge in [-0.1, -0.05) is 23.7 Å². The minimum atomic E-state index is -0.0551. The number of fused-ring (bicyclic) bond motifs is 1. The monoisotopic (exact) mass is 331 g/mol. The molecule has 0 aliphatic carbocycles. The molecule has 0 saturated carbocycles. The molecule has 6 heteroatoms. The van der Waals surface area contributed by atoms with Crippen LogP contribution >= 0.6 is 23.4 Å². The third-order valence-corrected chi connectivity index (χ3v) is 4.32. The summed E-state index contributed by atoms with van der Waals surface area (Å²) in [5.74, 6) is 1.14. The van der Waals surface area contributed by atoms with Gasteiger partial charge in [0.2, 0.25) is 11.9 Å². The molecule has 3 rings (SSSR count). The second kappa shape index (κ2) is 6.85. The Hall–Kier alpha value is -1.98. The SMILES string of the molecule is O=C(CCSc1ccc(Cl)cc1)Nc1nc2ccccc2[nH]1. The predicted octanol–water partition coefficient (Wildman–Crippen LogP) is 4.34. The smallest absolute Gasteiger partial charge is 0.227 e. The van der Waals surface area contributed by atoms with E-state index >= 15 is 0 Å². The topological polar surface area (TPSA) is 57.8 Å². The first-order chi connectivity index (χ1) is 10.7. The quantitative estimate of drug-likeness (QED) is 0.684. The maximum Gasteiger partial charge on any atom is 0.227 e. The van der Waals surface area contributed by atoms with Crippen LogP contribution in [0.2, 0.25) is 5.02 Å². The Morgan fingerprint density at radius 1 is 1.18 bits per heavy atom.